The fourth-order valence-corrected chi connectivity index (χ4v) is 2.89. The highest BCUT2D eigenvalue weighted by atomic mass is 79.9. The van der Waals surface area contributed by atoms with E-state index in [-0.39, 0.29) is 0 Å². The standard InChI is InChI=1S/C14H23BrN4/c1-12(2)13-10-14(17-11-16-13)19-6-3-5-18(7-4-15)8-9-19/h10-12H,3-9H2,1-2H3. The minimum atomic E-state index is 0.457. The van der Waals surface area contributed by atoms with E-state index in [1.54, 1.807) is 6.33 Å². The molecular formula is C14H23BrN4. The molecule has 1 aromatic heterocycles. The number of hydrogen-bond acceptors (Lipinski definition) is 4. The van der Waals surface area contributed by atoms with Crippen LogP contribution in [0.5, 0.6) is 0 Å². The Hall–Kier alpha value is -0.680. The van der Waals surface area contributed by atoms with Gasteiger partial charge in [0.15, 0.2) is 0 Å². The molecule has 0 unspecified atom stereocenters. The van der Waals surface area contributed by atoms with Crippen LogP contribution in [0.1, 0.15) is 31.9 Å². The topological polar surface area (TPSA) is 32.3 Å². The highest BCUT2D eigenvalue weighted by molar-refractivity contribution is 9.09. The van der Waals surface area contributed by atoms with Crippen LogP contribution in [0.3, 0.4) is 0 Å². The predicted molar refractivity (Wildman–Crippen MR) is 83.2 cm³/mol. The average molecular weight is 327 g/mol. The Balaban J connectivity index is 2.03. The van der Waals surface area contributed by atoms with Crippen LogP contribution in [-0.4, -0.2) is 52.9 Å². The van der Waals surface area contributed by atoms with E-state index in [9.17, 15) is 0 Å². The molecule has 2 rings (SSSR count). The number of nitrogens with zero attached hydrogens (tertiary/aromatic N) is 4. The average Bonchev–Trinajstić information content (AvgIpc) is 2.65. The minimum Gasteiger partial charge on any atom is -0.355 e. The van der Waals surface area contributed by atoms with Crippen LogP contribution in [0.15, 0.2) is 12.4 Å². The Bertz CT molecular complexity index is 397. The summed E-state index contributed by atoms with van der Waals surface area (Å²) in [6.45, 7) is 9.93. The molecule has 1 fully saturated rings. The van der Waals surface area contributed by atoms with Crippen molar-refractivity contribution in [2.45, 2.75) is 26.2 Å². The van der Waals surface area contributed by atoms with E-state index in [4.69, 9.17) is 0 Å². The summed E-state index contributed by atoms with van der Waals surface area (Å²) in [5, 5.41) is 1.05. The van der Waals surface area contributed by atoms with E-state index in [1.165, 1.54) is 13.0 Å². The van der Waals surface area contributed by atoms with Crippen LogP contribution in [0.2, 0.25) is 0 Å². The highest BCUT2D eigenvalue weighted by Gasteiger charge is 2.16. The summed E-state index contributed by atoms with van der Waals surface area (Å²) >= 11 is 3.52. The van der Waals surface area contributed by atoms with Crippen LogP contribution in [0.4, 0.5) is 5.82 Å². The van der Waals surface area contributed by atoms with E-state index in [0.29, 0.717) is 5.92 Å². The second kappa shape index (κ2) is 7.20. The van der Waals surface area contributed by atoms with Crippen molar-refractivity contribution in [2.75, 3.05) is 43.0 Å². The normalized spacial score (nSPS) is 17.8. The monoisotopic (exact) mass is 326 g/mol. The molecule has 0 aliphatic carbocycles. The van der Waals surface area contributed by atoms with E-state index in [2.05, 4.69) is 55.6 Å². The van der Waals surface area contributed by atoms with Crippen LogP contribution >= 0.6 is 15.9 Å². The molecule has 0 radical (unpaired) electrons. The molecule has 0 spiro atoms. The van der Waals surface area contributed by atoms with Gasteiger partial charge in [-0.15, -0.1) is 0 Å². The zero-order chi connectivity index (χ0) is 13.7. The molecular weight excluding hydrogens is 304 g/mol. The Labute approximate surface area is 124 Å². The zero-order valence-electron chi connectivity index (χ0n) is 11.8. The quantitative estimate of drug-likeness (QED) is 0.796. The smallest absolute Gasteiger partial charge is 0.132 e. The van der Waals surface area contributed by atoms with Crippen molar-refractivity contribution in [1.82, 2.24) is 14.9 Å². The Morgan fingerprint density at radius 1 is 1.21 bits per heavy atom. The lowest BCUT2D eigenvalue weighted by Crippen LogP contribution is -2.32. The lowest BCUT2D eigenvalue weighted by atomic mass is 10.1. The Morgan fingerprint density at radius 3 is 2.79 bits per heavy atom. The first-order valence-corrected chi connectivity index (χ1v) is 8.18. The summed E-state index contributed by atoms with van der Waals surface area (Å²) in [5.41, 5.74) is 1.13. The fraction of sp³-hybridized carbons (Fsp3) is 0.714. The number of anilines is 1. The molecule has 0 aromatic carbocycles. The van der Waals surface area contributed by atoms with E-state index in [0.717, 1.165) is 43.0 Å². The van der Waals surface area contributed by atoms with Crippen molar-refractivity contribution in [3.63, 3.8) is 0 Å². The molecule has 0 saturated carbocycles. The molecule has 4 nitrogen and oxygen atoms in total. The van der Waals surface area contributed by atoms with E-state index in [1.807, 2.05) is 0 Å². The first-order chi connectivity index (χ1) is 9.20. The summed E-state index contributed by atoms with van der Waals surface area (Å²) in [5.74, 6) is 1.54. The van der Waals surface area contributed by atoms with Gasteiger partial charge in [-0.3, -0.25) is 0 Å². The highest BCUT2D eigenvalue weighted by Crippen LogP contribution is 2.18. The van der Waals surface area contributed by atoms with Gasteiger partial charge in [0.1, 0.15) is 12.1 Å². The lowest BCUT2D eigenvalue weighted by Gasteiger charge is -2.22. The number of halogens is 1. The maximum atomic E-state index is 4.45. The van der Waals surface area contributed by atoms with Crippen molar-refractivity contribution in [3.8, 4) is 0 Å². The Morgan fingerprint density at radius 2 is 2.05 bits per heavy atom. The number of alkyl halides is 1. The van der Waals surface area contributed by atoms with Gasteiger partial charge < -0.3 is 9.80 Å². The third-order valence-corrected chi connectivity index (χ3v) is 3.93. The molecule has 106 valence electrons. The molecule has 2 heterocycles. The van der Waals surface area contributed by atoms with Crippen LogP contribution in [0.25, 0.3) is 0 Å². The molecule has 5 heteroatoms. The molecule has 1 aromatic rings. The summed E-state index contributed by atoms with van der Waals surface area (Å²) in [6.07, 6.45) is 2.90. The van der Waals surface area contributed by atoms with Gasteiger partial charge in [0.25, 0.3) is 0 Å². The van der Waals surface area contributed by atoms with Gasteiger partial charge in [0, 0.05) is 43.3 Å². The number of hydrogen-bond donors (Lipinski definition) is 0. The van der Waals surface area contributed by atoms with Crippen molar-refractivity contribution in [2.24, 2.45) is 0 Å². The van der Waals surface area contributed by atoms with Crippen molar-refractivity contribution >= 4 is 21.7 Å². The third kappa shape index (κ3) is 4.14. The largest absolute Gasteiger partial charge is 0.355 e. The second-order valence-electron chi connectivity index (χ2n) is 5.33. The van der Waals surface area contributed by atoms with Gasteiger partial charge in [-0.1, -0.05) is 29.8 Å². The molecule has 1 saturated heterocycles. The molecule has 1 aliphatic heterocycles. The Kier molecular flexibility index (Phi) is 5.58. The van der Waals surface area contributed by atoms with E-state index >= 15 is 0 Å². The number of rotatable bonds is 4. The summed E-state index contributed by atoms with van der Waals surface area (Å²) in [4.78, 5) is 13.7. The number of aromatic nitrogens is 2. The van der Waals surface area contributed by atoms with Gasteiger partial charge in [-0.2, -0.15) is 0 Å². The molecule has 1 aliphatic rings. The molecule has 0 amide bonds. The summed E-state index contributed by atoms with van der Waals surface area (Å²) in [6, 6.07) is 2.14. The molecule has 0 atom stereocenters. The maximum Gasteiger partial charge on any atom is 0.132 e. The van der Waals surface area contributed by atoms with Gasteiger partial charge in [0.05, 0.1) is 0 Å². The van der Waals surface area contributed by atoms with Crippen LogP contribution in [-0.2, 0) is 0 Å². The fourth-order valence-electron chi connectivity index (χ4n) is 2.39. The van der Waals surface area contributed by atoms with Crippen molar-refractivity contribution in [3.05, 3.63) is 18.1 Å². The first-order valence-electron chi connectivity index (χ1n) is 7.06. The minimum absolute atomic E-state index is 0.457. The molecule has 0 N–H and O–H groups in total. The predicted octanol–water partition coefficient (Wildman–Crippen LogP) is 2.51. The van der Waals surface area contributed by atoms with Crippen molar-refractivity contribution < 1.29 is 0 Å². The zero-order valence-corrected chi connectivity index (χ0v) is 13.4. The van der Waals surface area contributed by atoms with Gasteiger partial charge in [-0.05, 0) is 18.9 Å². The third-order valence-electron chi connectivity index (χ3n) is 3.58. The van der Waals surface area contributed by atoms with Crippen LogP contribution in [0, 0.1) is 0 Å². The second-order valence-corrected chi connectivity index (χ2v) is 6.12. The van der Waals surface area contributed by atoms with Gasteiger partial charge in [0.2, 0.25) is 0 Å². The first kappa shape index (κ1) is 14.7. The van der Waals surface area contributed by atoms with Gasteiger partial charge >= 0.3 is 0 Å². The van der Waals surface area contributed by atoms with Gasteiger partial charge in [-0.25, -0.2) is 9.97 Å². The SMILES string of the molecule is CC(C)c1cc(N2CCCN(CCBr)CC2)ncn1. The maximum absolute atomic E-state index is 4.45. The molecule has 0 bridgehead atoms. The molecule has 19 heavy (non-hydrogen) atoms. The summed E-state index contributed by atoms with van der Waals surface area (Å²) < 4.78 is 0. The lowest BCUT2D eigenvalue weighted by molar-refractivity contribution is 0.313. The van der Waals surface area contributed by atoms with Crippen molar-refractivity contribution in [1.29, 1.82) is 0 Å². The van der Waals surface area contributed by atoms with Crippen LogP contribution < -0.4 is 4.90 Å². The van der Waals surface area contributed by atoms with E-state index < -0.39 is 0 Å². The summed E-state index contributed by atoms with van der Waals surface area (Å²) in [7, 11) is 0.